The normalized spacial score (nSPS) is 22.4. The molecule has 1 aliphatic rings. The molecule has 0 bridgehead atoms. The minimum atomic E-state index is -0.922. The number of hydrogen-bond donors (Lipinski definition) is 1. The summed E-state index contributed by atoms with van der Waals surface area (Å²) in [6.45, 7) is 3.30. The Morgan fingerprint density at radius 2 is 1.35 bits per heavy atom. The Labute approximate surface area is 157 Å². The number of carboxylic acids is 1. The van der Waals surface area contributed by atoms with Crippen molar-refractivity contribution in [2.75, 3.05) is 0 Å². The molecule has 1 saturated heterocycles. The molecule has 0 aromatic heterocycles. The Hall–Kier alpha value is -1.39. The summed E-state index contributed by atoms with van der Waals surface area (Å²) in [6, 6.07) is 0. The Kier molecular flexibility index (Phi) is 11.2. The van der Waals surface area contributed by atoms with Crippen LogP contribution in [0, 0.1) is 11.8 Å². The zero-order chi connectivity index (χ0) is 19.4. The molecule has 0 aliphatic carbocycles. The van der Waals surface area contributed by atoms with E-state index >= 15 is 0 Å². The number of cyclic esters (lactones) is 1. The Morgan fingerprint density at radius 3 is 1.81 bits per heavy atom. The smallest absolute Gasteiger partial charge is 0.311 e. The maximum absolute atomic E-state index is 11.5. The lowest BCUT2D eigenvalue weighted by molar-refractivity contribution is -0.144. The highest BCUT2D eigenvalue weighted by atomic mass is 16.6. The van der Waals surface area contributed by atoms with Gasteiger partial charge in [0.2, 0.25) is 0 Å². The molecule has 150 valence electrons. The topological polar surface area (TPSA) is 80.7 Å². The number of rotatable bonds is 15. The van der Waals surface area contributed by atoms with Gasteiger partial charge in [0.25, 0.3) is 0 Å². The van der Waals surface area contributed by atoms with E-state index in [1.54, 1.807) is 13.8 Å². The fourth-order valence-electron chi connectivity index (χ4n) is 3.72. The molecule has 5 nitrogen and oxygen atoms in total. The summed E-state index contributed by atoms with van der Waals surface area (Å²) in [5.41, 5.74) is 0. The molecule has 0 aromatic rings. The van der Waals surface area contributed by atoms with Crippen LogP contribution in [-0.4, -0.2) is 28.9 Å². The number of carboxylic acid groups (broad SMARTS) is 1. The maximum atomic E-state index is 11.5. The summed E-state index contributed by atoms with van der Waals surface area (Å²) in [5.74, 6) is -2.21. The Balaban J connectivity index is 1.93. The zero-order valence-corrected chi connectivity index (χ0v) is 16.5. The molecule has 0 radical (unpaired) electrons. The van der Waals surface area contributed by atoms with Crippen molar-refractivity contribution in [2.45, 2.75) is 103 Å². The number of ether oxygens (including phenoxy) is 1. The molecule has 5 heteroatoms. The highest BCUT2D eigenvalue weighted by molar-refractivity contribution is 5.84. The molecule has 0 saturated carbocycles. The van der Waals surface area contributed by atoms with Crippen molar-refractivity contribution in [1.29, 1.82) is 0 Å². The molecule has 3 atom stereocenters. The van der Waals surface area contributed by atoms with Crippen molar-refractivity contribution in [3.8, 4) is 0 Å². The van der Waals surface area contributed by atoms with Crippen molar-refractivity contribution in [1.82, 2.24) is 0 Å². The van der Waals surface area contributed by atoms with Crippen LogP contribution in [0.2, 0.25) is 0 Å². The first kappa shape index (κ1) is 22.7. The number of aliphatic carboxylic acids is 1. The van der Waals surface area contributed by atoms with Crippen LogP contribution < -0.4 is 0 Å². The van der Waals surface area contributed by atoms with E-state index in [9.17, 15) is 19.5 Å². The molecule has 0 amide bonds. The van der Waals surface area contributed by atoms with E-state index in [2.05, 4.69) is 0 Å². The summed E-state index contributed by atoms with van der Waals surface area (Å²) in [4.78, 5) is 33.6. The number of ketones is 1. The lowest BCUT2D eigenvalue weighted by atomic mass is 9.89. The van der Waals surface area contributed by atoms with E-state index in [4.69, 9.17) is 4.74 Å². The standard InChI is InChI=1S/C21H36O5/c1-16(22)14-12-10-8-6-4-3-5-7-9-11-13-15-18-19(20(23)24)17(2)21(25)26-18/h17-19H,3-15H2,1-2H3,(H,23,24)/t17-,18-,19+/m1/s1. The van der Waals surface area contributed by atoms with Gasteiger partial charge in [0, 0.05) is 6.42 Å². The molecule has 1 aliphatic heterocycles. The molecule has 1 fully saturated rings. The fraction of sp³-hybridized carbons (Fsp3) is 0.857. The van der Waals surface area contributed by atoms with Gasteiger partial charge in [0.15, 0.2) is 0 Å². The number of esters is 1. The van der Waals surface area contributed by atoms with Crippen molar-refractivity contribution < 1.29 is 24.2 Å². The van der Waals surface area contributed by atoms with Gasteiger partial charge in [-0.2, -0.15) is 0 Å². The third-order valence-corrected chi connectivity index (χ3v) is 5.38. The van der Waals surface area contributed by atoms with Crippen LogP contribution in [0.25, 0.3) is 0 Å². The van der Waals surface area contributed by atoms with Gasteiger partial charge in [-0.15, -0.1) is 0 Å². The van der Waals surface area contributed by atoms with Crippen LogP contribution in [0.1, 0.15) is 97.3 Å². The van der Waals surface area contributed by atoms with Crippen molar-refractivity contribution in [3.63, 3.8) is 0 Å². The quantitative estimate of drug-likeness (QED) is 0.328. The van der Waals surface area contributed by atoms with E-state index in [0.717, 1.165) is 32.1 Å². The molecular formula is C21H36O5. The van der Waals surface area contributed by atoms with Crippen LogP contribution in [0.4, 0.5) is 0 Å². The maximum Gasteiger partial charge on any atom is 0.311 e. The Morgan fingerprint density at radius 1 is 0.885 bits per heavy atom. The third kappa shape index (κ3) is 8.81. The number of hydrogen-bond acceptors (Lipinski definition) is 4. The molecule has 1 heterocycles. The molecular weight excluding hydrogens is 332 g/mol. The fourth-order valence-corrected chi connectivity index (χ4v) is 3.72. The second-order valence-electron chi connectivity index (χ2n) is 7.76. The monoisotopic (exact) mass is 368 g/mol. The first-order chi connectivity index (χ1) is 12.4. The van der Waals surface area contributed by atoms with Gasteiger partial charge in [-0.05, 0) is 26.2 Å². The molecule has 0 unspecified atom stereocenters. The average Bonchev–Trinajstić information content (AvgIpc) is 2.86. The van der Waals surface area contributed by atoms with Gasteiger partial charge in [0.1, 0.15) is 17.8 Å². The van der Waals surface area contributed by atoms with Crippen molar-refractivity contribution in [3.05, 3.63) is 0 Å². The first-order valence-corrected chi connectivity index (χ1v) is 10.4. The van der Waals surface area contributed by atoms with Crippen LogP contribution in [0.15, 0.2) is 0 Å². The predicted molar refractivity (Wildman–Crippen MR) is 101 cm³/mol. The van der Waals surface area contributed by atoms with Crippen LogP contribution in [0.5, 0.6) is 0 Å². The number of unbranched alkanes of at least 4 members (excludes halogenated alkanes) is 10. The molecule has 1 rings (SSSR count). The van der Waals surface area contributed by atoms with Gasteiger partial charge < -0.3 is 14.6 Å². The summed E-state index contributed by atoms with van der Waals surface area (Å²) in [7, 11) is 0. The van der Waals surface area contributed by atoms with Crippen LogP contribution in [-0.2, 0) is 19.1 Å². The molecule has 1 N–H and O–H groups in total. The SMILES string of the molecule is CC(=O)CCCCCCCCCCCCC[C@H]1OC(=O)[C@H](C)[C@@H]1C(=O)O. The second-order valence-corrected chi connectivity index (χ2v) is 7.76. The van der Waals surface area contributed by atoms with Gasteiger partial charge in [-0.25, -0.2) is 0 Å². The summed E-state index contributed by atoms with van der Waals surface area (Å²) >= 11 is 0. The molecule has 26 heavy (non-hydrogen) atoms. The number of carbonyl (C=O) groups excluding carboxylic acids is 2. The van der Waals surface area contributed by atoms with Crippen LogP contribution in [0.3, 0.4) is 0 Å². The zero-order valence-electron chi connectivity index (χ0n) is 16.5. The third-order valence-electron chi connectivity index (χ3n) is 5.38. The summed E-state index contributed by atoms with van der Waals surface area (Å²) < 4.78 is 5.22. The second kappa shape index (κ2) is 12.9. The lowest BCUT2D eigenvalue weighted by Crippen LogP contribution is -2.27. The van der Waals surface area contributed by atoms with E-state index < -0.39 is 23.9 Å². The van der Waals surface area contributed by atoms with Gasteiger partial charge in [-0.1, -0.05) is 64.7 Å². The number of carbonyl (C=O) groups is 3. The van der Waals surface area contributed by atoms with Gasteiger partial charge >= 0.3 is 11.9 Å². The predicted octanol–water partition coefficient (Wildman–Crippen LogP) is 4.91. The first-order valence-electron chi connectivity index (χ1n) is 10.4. The van der Waals surface area contributed by atoms with E-state index in [0.29, 0.717) is 12.2 Å². The molecule has 0 aromatic carbocycles. The molecule has 0 spiro atoms. The minimum absolute atomic E-state index is 0.295. The number of Topliss-reactive ketones (excluding diaryl/α,β-unsaturated/α-hetero) is 1. The van der Waals surface area contributed by atoms with E-state index in [-0.39, 0.29) is 5.97 Å². The van der Waals surface area contributed by atoms with E-state index in [1.807, 2.05) is 0 Å². The van der Waals surface area contributed by atoms with Crippen molar-refractivity contribution in [2.24, 2.45) is 11.8 Å². The average molecular weight is 369 g/mol. The summed E-state index contributed by atoms with van der Waals surface area (Å²) in [6.07, 6.45) is 13.8. The van der Waals surface area contributed by atoms with Crippen molar-refractivity contribution >= 4 is 17.7 Å². The Bertz CT molecular complexity index is 446. The highest BCUT2D eigenvalue weighted by Crippen LogP contribution is 2.31. The highest BCUT2D eigenvalue weighted by Gasteiger charge is 2.45. The van der Waals surface area contributed by atoms with E-state index in [1.165, 1.54) is 44.9 Å². The van der Waals surface area contributed by atoms with Crippen LogP contribution >= 0.6 is 0 Å². The van der Waals surface area contributed by atoms with Gasteiger partial charge in [-0.3, -0.25) is 9.59 Å². The minimum Gasteiger partial charge on any atom is -0.481 e. The largest absolute Gasteiger partial charge is 0.481 e. The summed E-state index contributed by atoms with van der Waals surface area (Å²) in [5, 5.41) is 9.24. The lowest BCUT2D eigenvalue weighted by Gasteiger charge is -2.15. The van der Waals surface area contributed by atoms with Gasteiger partial charge in [0.05, 0.1) is 5.92 Å².